The van der Waals surface area contributed by atoms with Gasteiger partial charge in [0.15, 0.2) is 5.82 Å². The summed E-state index contributed by atoms with van der Waals surface area (Å²) in [5.74, 6) is 0.366. The van der Waals surface area contributed by atoms with Gasteiger partial charge in [-0.2, -0.15) is 5.10 Å². The van der Waals surface area contributed by atoms with Gasteiger partial charge in [0.1, 0.15) is 5.69 Å². The molecule has 3 rings (SSSR count). The van der Waals surface area contributed by atoms with Gasteiger partial charge in [-0.05, 0) is 29.8 Å². The second-order valence-corrected chi connectivity index (χ2v) is 5.03. The van der Waals surface area contributed by atoms with Crippen LogP contribution in [0, 0.1) is 0 Å². The lowest BCUT2D eigenvalue weighted by atomic mass is 10.1. The van der Waals surface area contributed by atoms with E-state index >= 15 is 0 Å². The molecule has 0 radical (unpaired) electrons. The topological polar surface area (TPSA) is 47.8 Å². The first-order chi connectivity index (χ1) is 10.2. The average molecular weight is 318 g/mol. The third kappa shape index (κ3) is 2.68. The van der Waals surface area contributed by atoms with E-state index in [0.29, 0.717) is 16.5 Å². The van der Waals surface area contributed by atoms with E-state index < -0.39 is 5.24 Å². The molecule has 0 atom stereocenters. The van der Waals surface area contributed by atoms with E-state index in [1.54, 1.807) is 24.4 Å². The Hall–Kier alpha value is -2.17. The second kappa shape index (κ2) is 5.68. The molecule has 2 aromatic heterocycles. The number of hydrogen-bond donors (Lipinski definition) is 0. The lowest BCUT2D eigenvalue weighted by molar-refractivity contribution is 0.107. The zero-order valence-corrected chi connectivity index (χ0v) is 12.2. The first-order valence-corrected chi connectivity index (χ1v) is 6.88. The first-order valence-electron chi connectivity index (χ1n) is 6.13. The number of hydrogen-bond acceptors (Lipinski definition) is 3. The van der Waals surface area contributed by atoms with Gasteiger partial charge in [0.05, 0.1) is 10.7 Å². The van der Waals surface area contributed by atoms with E-state index in [9.17, 15) is 4.79 Å². The molecule has 0 aliphatic carbocycles. The molecule has 6 heteroatoms. The summed E-state index contributed by atoms with van der Waals surface area (Å²) in [5, 5.41) is 4.17. The van der Waals surface area contributed by atoms with E-state index in [-0.39, 0.29) is 5.69 Å². The highest BCUT2D eigenvalue weighted by atomic mass is 35.5. The summed E-state index contributed by atoms with van der Waals surface area (Å²) in [6.07, 6.45) is 1.58. The molecule has 0 aliphatic heterocycles. The monoisotopic (exact) mass is 317 g/mol. The number of nitrogens with zero attached hydrogens (tertiary/aromatic N) is 3. The number of benzene rings is 1. The fourth-order valence-electron chi connectivity index (χ4n) is 1.97. The second-order valence-electron chi connectivity index (χ2n) is 4.28. The number of rotatable bonds is 3. The van der Waals surface area contributed by atoms with Crippen molar-refractivity contribution in [3.8, 4) is 17.1 Å². The van der Waals surface area contributed by atoms with Crippen molar-refractivity contribution in [1.29, 1.82) is 0 Å². The van der Waals surface area contributed by atoms with Gasteiger partial charge < -0.3 is 0 Å². The molecule has 0 bridgehead atoms. The maximum atomic E-state index is 11.6. The normalized spacial score (nSPS) is 10.6. The number of halogens is 2. The Morgan fingerprint density at radius 1 is 1.10 bits per heavy atom. The van der Waals surface area contributed by atoms with Crippen LogP contribution >= 0.6 is 23.2 Å². The summed E-state index contributed by atoms with van der Waals surface area (Å²) in [6, 6.07) is 14.5. The van der Waals surface area contributed by atoms with Crippen molar-refractivity contribution in [1.82, 2.24) is 14.8 Å². The van der Waals surface area contributed by atoms with Crippen LogP contribution in [-0.4, -0.2) is 20.0 Å². The van der Waals surface area contributed by atoms with Gasteiger partial charge in [-0.1, -0.05) is 41.9 Å². The number of carbonyl (C=O) groups excluding carboxylic acids is 1. The van der Waals surface area contributed by atoms with Crippen LogP contribution < -0.4 is 0 Å². The number of aromatic nitrogens is 3. The minimum atomic E-state index is -0.619. The molecule has 0 fully saturated rings. The van der Waals surface area contributed by atoms with Crippen LogP contribution in [0.4, 0.5) is 0 Å². The Morgan fingerprint density at radius 3 is 2.52 bits per heavy atom. The fraction of sp³-hybridized carbons (Fsp3) is 0. The van der Waals surface area contributed by atoms with Crippen LogP contribution in [0.15, 0.2) is 54.7 Å². The maximum absolute atomic E-state index is 11.6. The van der Waals surface area contributed by atoms with Gasteiger partial charge >= 0.3 is 0 Å². The quantitative estimate of drug-likeness (QED) is 0.687. The largest absolute Gasteiger partial charge is 0.274 e. The third-order valence-electron chi connectivity index (χ3n) is 2.92. The molecule has 0 unspecified atom stereocenters. The summed E-state index contributed by atoms with van der Waals surface area (Å²) >= 11 is 11.8. The highest BCUT2D eigenvalue weighted by Gasteiger charge is 2.18. The summed E-state index contributed by atoms with van der Waals surface area (Å²) in [7, 11) is 0. The van der Waals surface area contributed by atoms with Crippen molar-refractivity contribution in [2.24, 2.45) is 0 Å². The molecule has 2 heterocycles. The van der Waals surface area contributed by atoms with Crippen molar-refractivity contribution < 1.29 is 4.79 Å². The van der Waals surface area contributed by atoms with Gasteiger partial charge in [-0.25, -0.2) is 9.67 Å². The zero-order valence-electron chi connectivity index (χ0n) is 10.7. The molecular formula is C15H9Cl2N3O. The lowest BCUT2D eigenvalue weighted by Gasteiger charge is -2.04. The minimum Gasteiger partial charge on any atom is -0.274 e. The summed E-state index contributed by atoms with van der Waals surface area (Å²) < 4.78 is 1.36. The predicted molar refractivity (Wildman–Crippen MR) is 82.0 cm³/mol. The van der Waals surface area contributed by atoms with Crippen LogP contribution in [-0.2, 0) is 0 Å². The summed E-state index contributed by atoms with van der Waals surface area (Å²) in [4.78, 5) is 15.8. The van der Waals surface area contributed by atoms with Crippen LogP contribution in [0.5, 0.6) is 0 Å². The van der Waals surface area contributed by atoms with Crippen LogP contribution in [0.25, 0.3) is 17.1 Å². The minimum absolute atomic E-state index is 0.219. The van der Waals surface area contributed by atoms with Crippen LogP contribution in [0.1, 0.15) is 10.5 Å². The molecule has 0 amide bonds. The Bertz CT molecular complexity index is 800. The highest BCUT2D eigenvalue weighted by molar-refractivity contribution is 6.67. The van der Waals surface area contributed by atoms with Crippen LogP contribution in [0.3, 0.4) is 0 Å². The van der Waals surface area contributed by atoms with Gasteiger partial charge in [-0.15, -0.1) is 0 Å². The fourth-order valence-corrected chi connectivity index (χ4v) is 2.30. The van der Waals surface area contributed by atoms with E-state index in [1.807, 2.05) is 30.3 Å². The molecular weight excluding hydrogens is 309 g/mol. The Kier molecular flexibility index (Phi) is 3.73. The number of pyridine rings is 1. The number of carbonyl (C=O) groups is 1. The van der Waals surface area contributed by atoms with Crippen molar-refractivity contribution in [2.75, 3.05) is 0 Å². The molecule has 0 saturated heterocycles. The van der Waals surface area contributed by atoms with E-state index in [2.05, 4.69) is 10.1 Å². The van der Waals surface area contributed by atoms with Gasteiger partial charge in [0, 0.05) is 11.8 Å². The standard InChI is InChI=1S/C15H9Cl2N3O/c16-11-7-4-8-18-15(11)20-13(14(17)21)9-12(19-20)10-5-2-1-3-6-10/h1-9H. The van der Waals surface area contributed by atoms with Crippen molar-refractivity contribution in [3.63, 3.8) is 0 Å². The van der Waals surface area contributed by atoms with Gasteiger partial charge in [0.2, 0.25) is 0 Å². The van der Waals surface area contributed by atoms with Gasteiger partial charge in [-0.3, -0.25) is 4.79 Å². The molecule has 0 N–H and O–H groups in total. The predicted octanol–water partition coefficient (Wildman–Crippen LogP) is 3.97. The van der Waals surface area contributed by atoms with E-state index in [0.717, 1.165) is 5.56 Å². The van der Waals surface area contributed by atoms with Crippen molar-refractivity contribution in [3.05, 3.63) is 65.4 Å². The molecule has 0 spiro atoms. The molecule has 104 valence electrons. The molecule has 4 nitrogen and oxygen atoms in total. The SMILES string of the molecule is O=C(Cl)c1cc(-c2ccccc2)nn1-c1ncccc1Cl. The molecule has 3 aromatic rings. The lowest BCUT2D eigenvalue weighted by Crippen LogP contribution is -2.07. The Labute approximate surface area is 131 Å². The average Bonchev–Trinajstić information content (AvgIpc) is 2.94. The van der Waals surface area contributed by atoms with Crippen LogP contribution in [0.2, 0.25) is 5.02 Å². The highest BCUT2D eigenvalue weighted by Crippen LogP contribution is 2.24. The first kappa shape index (κ1) is 13.8. The molecule has 0 aliphatic rings. The molecule has 0 saturated carbocycles. The van der Waals surface area contributed by atoms with Crippen molar-refractivity contribution in [2.45, 2.75) is 0 Å². The summed E-state index contributed by atoms with van der Waals surface area (Å²) in [5.41, 5.74) is 1.72. The van der Waals surface area contributed by atoms with E-state index in [1.165, 1.54) is 4.68 Å². The van der Waals surface area contributed by atoms with Crippen molar-refractivity contribution >= 4 is 28.4 Å². The maximum Gasteiger partial charge on any atom is 0.271 e. The zero-order chi connectivity index (χ0) is 14.8. The smallest absolute Gasteiger partial charge is 0.271 e. The molecule has 1 aromatic carbocycles. The Morgan fingerprint density at radius 2 is 1.86 bits per heavy atom. The van der Waals surface area contributed by atoms with E-state index in [4.69, 9.17) is 23.2 Å². The Balaban J connectivity index is 2.19. The summed E-state index contributed by atoms with van der Waals surface area (Å²) in [6.45, 7) is 0. The van der Waals surface area contributed by atoms with Gasteiger partial charge in [0.25, 0.3) is 5.24 Å². The third-order valence-corrected chi connectivity index (χ3v) is 3.41. The molecule has 21 heavy (non-hydrogen) atoms.